The van der Waals surface area contributed by atoms with E-state index in [4.69, 9.17) is 5.11 Å². The largest absolute Gasteiger partial charge is 0.478 e. The SMILES string of the molecule is O=C(O)C1=C2NCCCN2CCC1. The smallest absolute Gasteiger partial charge is 0.335 e. The maximum Gasteiger partial charge on any atom is 0.335 e. The Bertz CT molecular complexity index is 260. The molecule has 0 aromatic carbocycles. The highest BCUT2D eigenvalue weighted by molar-refractivity contribution is 5.87. The van der Waals surface area contributed by atoms with E-state index in [1.807, 2.05) is 0 Å². The van der Waals surface area contributed by atoms with E-state index in [9.17, 15) is 4.79 Å². The number of carboxylic acids is 1. The van der Waals surface area contributed by atoms with E-state index in [2.05, 4.69) is 10.2 Å². The van der Waals surface area contributed by atoms with Gasteiger partial charge in [-0.05, 0) is 19.3 Å². The summed E-state index contributed by atoms with van der Waals surface area (Å²) in [5, 5.41) is 12.1. The first-order chi connectivity index (χ1) is 6.29. The van der Waals surface area contributed by atoms with Crippen LogP contribution in [-0.2, 0) is 4.79 Å². The van der Waals surface area contributed by atoms with E-state index >= 15 is 0 Å². The summed E-state index contributed by atoms with van der Waals surface area (Å²) in [7, 11) is 0. The molecule has 2 aliphatic heterocycles. The molecule has 0 amide bonds. The van der Waals surface area contributed by atoms with Crippen LogP contribution in [0.25, 0.3) is 0 Å². The minimum atomic E-state index is -0.769. The van der Waals surface area contributed by atoms with E-state index in [1.165, 1.54) is 0 Å². The van der Waals surface area contributed by atoms with Gasteiger partial charge in [-0.15, -0.1) is 0 Å². The molecule has 0 aromatic heterocycles. The molecule has 0 atom stereocenters. The van der Waals surface area contributed by atoms with Gasteiger partial charge >= 0.3 is 5.97 Å². The third kappa shape index (κ3) is 1.48. The van der Waals surface area contributed by atoms with E-state index < -0.39 is 5.97 Å². The Morgan fingerprint density at radius 3 is 2.92 bits per heavy atom. The van der Waals surface area contributed by atoms with Gasteiger partial charge < -0.3 is 15.3 Å². The molecule has 2 N–H and O–H groups in total. The lowest BCUT2D eigenvalue weighted by Crippen LogP contribution is -2.43. The lowest BCUT2D eigenvalue weighted by atomic mass is 10.0. The second-order valence-electron chi connectivity index (χ2n) is 3.50. The fourth-order valence-corrected chi connectivity index (χ4v) is 1.99. The molecule has 13 heavy (non-hydrogen) atoms. The predicted octanol–water partition coefficient (Wildman–Crippen LogP) is 0.372. The minimum Gasteiger partial charge on any atom is -0.478 e. The van der Waals surface area contributed by atoms with Crippen LogP contribution in [0.2, 0.25) is 0 Å². The number of carbonyl (C=O) groups is 1. The number of nitrogens with zero attached hydrogens (tertiary/aromatic N) is 1. The van der Waals surface area contributed by atoms with Crippen LogP contribution in [0.4, 0.5) is 0 Å². The predicted molar refractivity (Wildman–Crippen MR) is 48.1 cm³/mol. The van der Waals surface area contributed by atoms with Crippen LogP contribution in [0.3, 0.4) is 0 Å². The third-order valence-corrected chi connectivity index (χ3v) is 2.61. The number of hydrogen-bond donors (Lipinski definition) is 2. The second kappa shape index (κ2) is 3.28. The monoisotopic (exact) mass is 182 g/mol. The summed E-state index contributed by atoms with van der Waals surface area (Å²) in [6.45, 7) is 2.90. The van der Waals surface area contributed by atoms with Gasteiger partial charge in [0.05, 0.1) is 5.57 Å². The normalized spacial score (nSPS) is 22.3. The molecule has 0 aliphatic carbocycles. The average molecular weight is 182 g/mol. The maximum atomic E-state index is 10.9. The van der Waals surface area contributed by atoms with Crippen molar-refractivity contribution in [3.05, 3.63) is 11.4 Å². The molecule has 1 fully saturated rings. The molecular weight excluding hydrogens is 168 g/mol. The molecule has 1 saturated heterocycles. The zero-order chi connectivity index (χ0) is 9.26. The average Bonchev–Trinajstić information content (AvgIpc) is 2.17. The van der Waals surface area contributed by atoms with Crippen molar-refractivity contribution in [2.75, 3.05) is 19.6 Å². The van der Waals surface area contributed by atoms with Gasteiger partial charge in [0, 0.05) is 19.6 Å². The number of nitrogens with one attached hydrogen (secondary N) is 1. The summed E-state index contributed by atoms with van der Waals surface area (Å²) >= 11 is 0. The van der Waals surface area contributed by atoms with Gasteiger partial charge in [-0.2, -0.15) is 0 Å². The van der Waals surface area contributed by atoms with Crippen molar-refractivity contribution < 1.29 is 9.90 Å². The molecule has 2 rings (SSSR count). The molecule has 0 bridgehead atoms. The van der Waals surface area contributed by atoms with E-state index in [0.29, 0.717) is 12.0 Å². The number of aliphatic carboxylic acids is 1. The van der Waals surface area contributed by atoms with Crippen molar-refractivity contribution in [1.82, 2.24) is 10.2 Å². The summed E-state index contributed by atoms with van der Waals surface area (Å²) in [6.07, 6.45) is 2.78. The van der Waals surface area contributed by atoms with E-state index in [0.717, 1.165) is 38.3 Å². The van der Waals surface area contributed by atoms with Gasteiger partial charge in [0.15, 0.2) is 0 Å². The van der Waals surface area contributed by atoms with Crippen molar-refractivity contribution in [3.8, 4) is 0 Å². The number of carboxylic acid groups (broad SMARTS) is 1. The minimum absolute atomic E-state index is 0.561. The van der Waals surface area contributed by atoms with Crippen LogP contribution in [0.1, 0.15) is 19.3 Å². The van der Waals surface area contributed by atoms with Crippen molar-refractivity contribution in [2.24, 2.45) is 0 Å². The van der Waals surface area contributed by atoms with Crippen LogP contribution in [0.5, 0.6) is 0 Å². The molecule has 72 valence electrons. The number of rotatable bonds is 1. The van der Waals surface area contributed by atoms with Crippen LogP contribution in [0, 0.1) is 0 Å². The summed E-state index contributed by atoms with van der Waals surface area (Å²) in [5.41, 5.74) is 0.561. The van der Waals surface area contributed by atoms with Crippen LogP contribution < -0.4 is 5.32 Å². The molecule has 0 spiro atoms. The number of hydrogen-bond acceptors (Lipinski definition) is 3. The van der Waals surface area contributed by atoms with Gasteiger partial charge in [0.2, 0.25) is 0 Å². The molecule has 0 unspecified atom stereocenters. The quantitative estimate of drug-likeness (QED) is 0.615. The Labute approximate surface area is 77.2 Å². The summed E-state index contributed by atoms with van der Waals surface area (Å²) in [5.74, 6) is 0.0964. The maximum absolute atomic E-state index is 10.9. The Morgan fingerprint density at radius 1 is 1.38 bits per heavy atom. The topological polar surface area (TPSA) is 52.6 Å². The highest BCUT2D eigenvalue weighted by Crippen LogP contribution is 2.22. The Balaban J connectivity index is 2.28. The fraction of sp³-hybridized carbons (Fsp3) is 0.667. The van der Waals surface area contributed by atoms with Gasteiger partial charge in [-0.1, -0.05) is 0 Å². The van der Waals surface area contributed by atoms with E-state index in [-0.39, 0.29) is 0 Å². The molecular formula is C9H14N2O2. The van der Waals surface area contributed by atoms with Gasteiger partial charge in [0.25, 0.3) is 0 Å². The first-order valence-corrected chi connectivity index (χ1v) is 4.74. The summed E-state index contributed by atoms with van der Waals surface area (Å²) < 4.78 is 0. The standard InChI is InChI=1S/C9H14N2O2/c12-9(13)7-3-1-5-11-6-2-4-10-8(7)11/h10H,1-6H2,(H,12,13). The van der Waals surface area contributed by atoms with Gasteiger partial charge in [-0.25, -0.2) is 4.79 Å². The van der Waals surface area contributed by atoms with Crippen molar-refractivity contribution in [1.29, 1.82) is 0 Å². The Kier molecular flexibility index (Phi) is 2.12. The fourth-order valence-electron chi connectivity index (χ4n) is 1.99. The third-order valence-electron chi connectivity index (χ3n) is 2.61. The van der Waals surface area contributed by atoms with E-state index in [1.54, 1.807) is 0 Å². The Morgan fingerprint density at radius 2 is 2.15 bits per heavy atom. The first kappa shape index (κ1) is 8.41. The molecule has 4 heteroatoms. The zero-order valence-corrected chi connectivity index (χ0v) is 7.55. The lowest BCUT2D eigenvalue weighted by molar-refractivity contribution is -0.133. The first-order valence-electron chi connectivity index (χ1n) is 4.74. The number of fused-ring (bicyclic) bond motifs is 1. The van der Waals surface area contributed by atoms with Gasteiger partial charge in [0.1, 0.15) is 5.82 Å². The molecule has 2 heterocycles. The van der Waals surface area contributed by atoms with Crippen LogP contribution in [0.15, 0.2) is 11.4 Å². The van der Waals surface area contributed by atoms with Crippen molar-refractivity contribution >= 4 is 5.97 Å². The highest BCUT2D eigenvalue weighted by atomic mass is 16.4. The zero-order valence-electron chi connectivity index (χ0n) is 7.55. The molecule has 2 aliphatic rings. The lowest BCUT2D eigenvalue weighted by Gasteiger charge is -2.36. The highest BCUT2D eigenvalue weighted by Gasteiger charge is 2.25. The van der Waals surface area contributed by atoms with Crippen LogP contribution in [-0.4, -0.2) is 35.6 Å². The summed E-state index contributed by atoms with van der Waals surface area (Å²) in [4.78, 5) is 13.0. The summed E-state index contributed by atoms with van der Waals surface area (Å²) in [6, 6.07) is 0. The molecule has 4 nitrogen and oxygen atoms in total. The molecule has 0 aromatic rings. The Hall–Kier alpha value is -1.19. The molecule has 0 saturated carbocycles. The molecule has 0 radical (unpaired) electrons. The van der Waals surface area contributed by atoms with Crippen molar-refractivity contribution in [2.45, 2.75) is 19.3 Å². The second-order valence-corrected chi connectivity index (χ2v) is 3.50. The van der Waals surface area contributed by atoms with Crippen LogP contribution >= 0.6 is 0 Å². The van der Waals surface area contributed by atoms with Crippen molar-refractivity contribution in [3.63, 3.8) is 0 Å². The van der Waals surface area contributed by atoms with Gasteiger partial charge in [-0.3, -0.25) is 0 Å².